The van der Waals surface area contributed by atoms with Gasteiger partial charge in [-0.05, 0) is 33.6 Å². The maximum Gasteiger partial charge on any atom is 0.411 e. The van der Waals surface area contributed by atoms with Gasteiger partial charge >= 0.3 is 6.18 Å². The van der Waals surface area contributed by atoms with Crippen LogP contribution in [-0.2, 0) is 9.47 Å². The van der Waals surface area contributed by atoms with Gasteiger partial charge in [0.15, 0.2) is 6.35 Å². The van der Waals surface area contributed by atoms with Gasteiger partial charge in [0.2, 0.25) is 0 Å². The van der Waals surface area contributed by atoms with Gasteiger partial charge in [0, 0.05) is 64.3 Å². The van der Waals surface area contributed by atoms with E-state index in [9.17, 15) is 13.2 Å². The number of hydrogen-bond acceptors (Lipinski definition) is 10. The minimum absolute atomic E-state index is 0.105. The zero-order valence-corrected chi connectivity index (χ0v) is 21.3. The number of hydrogen-bond donors (Lipinski definition) is 5. The molecule has 0 spiro atoms. The predicted octanol–water partition coefficient (Wildman–Crippen LogP) is -0.184. The lowest BCUT2D eigenvalue weighted by molar-refractivity contribution is -0.202. The first-order chi connectivity index (χ1) is 16.6. The van der Waals surface area contributed by atoms with Crippen molar-refractivity contribution in [1.29, 1.82) is 0 Å². The van der Waals surface area contributed by atoms with Crippen LogP contribution in [0.3, 0.4) is 0 Å². The molecule has 35 heavy (non-hydrogen) atoms. The molecule has 8 unspecified atom stereocenters. The van der Waals surface area contributed by atoms with E-state index in [1.807, 2.05) is 0 Å². The summed E-state index contributed by atoms with van der Waals surface area (Å²) in [6.07, 6.45) is -3.68. The molecule has 0 aromatic rings. The SMILES string of the molecule is CC1CCC(CNC2NC(OCC(F)(F)F)NC(N3CCN(CC4C(C)NN(C)C4C)CC3)N2)O1. The van der Waals surface area contributed by atoms with Crippen molar-refractivity contribution >= 4 is 0 Å². The fourth-order valence-corrected chi connectivity index (χ4v) is 5.54. The predicted molar refractivity (Wildman–Crippen MR) is 126 cm³/mol. The highest BCUT2D eigenvalue weighted by molar-refractivity contribution is 4.90. The number of nitrogens with zero attached hydrogens (tertiary/aromatic N) is 3. The smallest absolute Gasteiger partial charge is 0.374 e. The summed E-state index contributed by atoms with van der Waals surface area (Å²) in [5.41, 5.74) is 3.49. The van der Waals surface area contributed by atoms with Crippen LogP contribution in [0.2, 0.25) is 0 Å². The highest BCUT2D eigenvalue weighted by Crippen LogP contribution is 2.23. The molecule has 4 aliphatic heterocycles. The van der Waals surface area contributed by atoms with Gasteiger partial charge in [-0.2, -0.15) is 13.2 Å². The Kier molecular flexibility index (Phi) is 9.28. The highest BCUT2D eigenvalue weighted by atomic mass is 19.4. The number of ether oxygens (including phenoxy) is 2. The van der Waals surface area contributed by atoms with Crippen molar-refractivity contribution in [2.45, 2.75) is 83.0 Å². The van der Waals surface area contributed by atoms with E-state index in [0.29, 0.717) is 24.5 Å². The largest absolute Gasteiger partial charge is 0.411 e. The van der Waals surface area contributed by atoms with Crippen molar-refractivity contribution in [2.75, 3.05) is 52.9 Å². The molecule has 4 rings (SSSR count). The maximum atomic E-state index is 12.8. The molecule has 0 aromatic carbocycles. The molecular formula is C22H43F3N8O2. The van der Waals surface area contributed by atoms with Crippen molar-refractivity contribution in [1.82, 2.24) is 41.5 Å². The van der Waals surface area contributed by atoms with E-state index in [1.54, 1.807) is 0 Å². The van der Waals surface area contributed by atoms with Crippen LogP contribution in [0.15, 0.2) is 0 Å². The van der Waals surface area contributed by atoms with Crippen molar-refractivity contribution in [3.8, 4) is 0 Å². The molecule has 0 radical (unpaired) electrons. The molecule has 4 fully saturated rings. The lowest BCUT2D eigenvalue weighted by Gasteiger charge is -2.46. The van der Waals surface area contributed by atoms with Crippen LogP contribution >= 0.6 is 0 Å². The molecule has 8 atom stereocenters. The molecule has 13 heteroatoms. The van der Waals surface area contributed by atoms with Gasteiger partial charge in [0.25, 0.3) is 0 Å². The van der Waals surface area contributed by atoms with Crippen molar-refractivity contribution in [3.05, 3.63) is 0 Å². The molecule has 4 saturated heterocycles. The summed E-state index contributed by atoms with van der Waals surface area (Å²) in [5.74, 6) is 0.552. The molecular weight excluding hydrogens is 465 g/mol. The normalized spacial score (nSPS) is 40.5. The van der Waals surface area contributed by atoms with E-state index in [-0.39, 0.29) is 18.5 Å². The summed E-state index contributed by atoms with van der Waals surface area (Å²) in [7, 11) is 2.09. The Morgan fingerprint density at radius 1 is 1.03 bits per heavy atom. The second kappa shape index (κ2) is 11.8. The van der Waals surface area contributed by atoms with Gasteiger partial charge in [0.1, 0.15) is 19.2 Å². The van der Waals surface area contributed by atoms with E-state index in [4.69, 9.17) is 9.47 Å². The zero-order chi connectivity index (χ0) is 25.2. The fourth-order valence-electron chi connectivity index (χ4n) is 5.54. The van der Waals surface area contributed by atoms with Crippen LogP contribution < -0.4 is 26.7 Å². The maximum absolute atomic E-state index is 12.8. The first-order valence-electron chi connectivity index (χ1n) is 12.9. The van der Waals surface area contributed by atoms with Crippen LogP contribution in [0.5, 0.6) is 0 Å². The summed E-state index contributed by atoms with van der Waals surface area (Å²) in [6.45, 7) is 10.3. The van der Waals surface area contributed by atoms with Crippen LogP contribution in [-0.4, -0.2) is 117 Å². The molecule has 204 valence electrons. The molecule has 0 saturated carbocycles. The molecule has 0 bridgehead atoms. The molecule has 4 heterocycles. The number of piperazine rings is 1. The topological polar surface area (TPSA) is 88.3 Å². The van der Waals surface area contributed by atoms with Gasteiger partial charge in [-0.15, -0.1) is 0 Å². The molecule has 0 aromatic heterocycles. The highest BCUT2D eigenvalue weighted by Gasteiger charge is 2.38. The quantitative estimate of drug-likeness (QED) is 0.304. The van der Waals surface area contributed by atoms with E-state index in [1.165, 1.54) is 0 Å². The van der Waals surface area contributed by atoms with Crippen LogP contribution in [0.4, 0.5) is 13.2 Å². The molecule has 4 aliphatic rings. The lowest BCUT2D eigenvalue weighted by Crippen LogP contribution is -2.76. The third-order valence-corrected chi connectivity index (χ3v) is 7.76. The van der Waals surface area contributed by atoms with Crippen LogP contribution in [0, 0.1) is 5.92 Å². The first kappa shape index (κ1) is 27.4. The summed E-state index contributed by atoms with van der Waals surface area (Å²) in [4.78, 5) is 4.72. The van der Waals surface area contributed by atoms with E-state index in [2.05, 4.69) is 69.3 Å². The Hall–Kier alpha value is -0.610. The minimum Gasteiger partial charge on any atom is -0.374 e. The van der Waals surface area contributed by atoms with E-state index < -0.39 is 25.4 Å². The second-order valence-corrected chi connectivity index (χ2v) is 10.5. The number of nitrogens with one attached hydrogen (secondary N) is 5. The van der Waals surface area contributed by atoms with Crippen molar-refractivity contribution in [3.63, 3.8) is 0 Å². The fraction of sp³-hybridized carbons (Fsp3) is 1.00. The Morgan fingerprint density at radius 3 is 2.37 bits per heavy atom. The number of rotatable bonds is 8. The van der Waals surface area contributed by atoms with Crippen molar-refractivity contribution in [2.24, 2.45) is 5.92 Å². The molecule has 0 amide bonds. The van der Waals surface area contributed by atoms with E-state index in [0.717, 1.165) is 45.6 Å². The number of halogens is 3. The standard InChI is InChI=1S/C22H43F3N8O2/c1-14-5-6-17(35-14)11-26-19-27-20(29-21(28-19)34-13-22(23,24)25)33-9-7-32(8-10-33)12-18-15(2)30-31(4)16(18)3/h14-21,26-30H,5-13H2,1-4H3. The van der Waals surface area contributed by atoms with Gasteiger partial charge in [-0.3, -0.25) is 31.6 Å². The van der Waals surface area contributed by atoms with Gasteiger partial charge in [-0.1, -0.05) is 0 Å². The lowest BCUT2D eigenvalue weighted by atomic mass is 9.95. The average Bonchev–Trinajstić information content (AvgIpc) is 3.33. The molecule has 0 aliphatic carbocycles. The minimum atomic E-state index is -4.39. The van der Waals surface area contributed by atoms with E-state index >= 15 is 0 Å². The summed E-state index contributed by atoms with van der Waals surface area (Å²) < 4.78 is 49.3. The van der Waals surface area contributed by atoms with Crippen molar-refractivity contribution < 1.29 is 22.6 Å². The number of hydrazine groups is 1. The summed E-state index contributed by atoms with van der Waals surface area (Å²) in [5, 5.41) is 15.2. The Balaban J connectivity index is 1.29. The Morgan fingerprint density at radius 2 is 1.77 bits per heavy atom. The monoisotopic (exact) mass is 508 g/mol. The zero-order valence-electron chi connectivity index (χ0n) is 21.3. The summed E-state index contributed by atoms with van der Waals surface area (Å²) in [6, 6.07) is 0.909. The summed E-state index contributed by atoms with van der Waals surface area (Å²) >= 11 is 0. The van der Waals surface area contributed by atoms with Gasteiger partial charge in [0.05, 0.1) is 12.2 Å². The third kappa shape index (κ3) is 7.69. The number of alkyl halides is 3. The van der Waals surface area contributed by atoms with Gasteiger partial charge in [-0.25, -0.2) is 5.01 Å². The van der Waals surface area contributed by atoms with Crippen LogP contribution in [0.1, 0.15) is 33.6 Å². The Bertz CT molecular complexity index is 669. The van der Waals surface area contributed by atoms with Crippen LogP contribution in [0.25, 0.3) is 0 Å². The third-order valence-electron chi connectivity index (χ3n) is 7.76. The Labute approximate surface area is 206 Å². The second-order valence-electron chi connectivity index (χ2n) is 10.5. The molecule has 5 N–H and O–H groups in total. The average molecular weight is 509 g/mol. The molecule has 10 nitrogen and oxygen atoms in total. The van der Waals surface area contributed by atoms with Gasteiger partial charge < -0.3 is 14.4 Å². The first-order valence-corrected chi connectivity index (χ1v) is 12.9.